The molecule has 0 spiro atoms. The summed E-state index contributed by atoms with van der Waals surface area (Å²) in [6.45, 7) is 4.55. The molecular weight excluding hydrogens is 342 g/mol. The highest BCUT2D eigenvalue weighted by molar-refractivity contribution is 7.17. The largest absolute Gasteiger partial charge is 0.345 e. The van der Waals surface area contributed by atoms with Crippen molar-refractivity contribution < 1.29 is 4.79 Å². The average molecular weight is 362 g/mol. The number of aromatic nitrogens is 1. The van der Waals surface area contributed by atoms with Gasteiger partial charge in [-0.05, 0) is 56.5 Å². The summed E-state index contributed by atoms with van der Waals surface area (Å²) in [5, 5.41) is 4.47. The number of thiazole rings is 1. The zero-order chi connectivity index (χ0) is 16.7. The van der Waals surface area contributed by atoms with E-state index < -0.39 is 0 Å². The molecule has 3 fully saturated rings. The number of fused-ring (bicyclic) bond motifs is 3. The van der Waals surface area contributed by atoms with Gasteiger partial charge < -0.3 is 5.32 Å². The molecule has 2 atom stereocenters. The fourth-order valence-corrected chi connectivity index (χ4v) is 4.84. The summed E-state index contributed by atoms with van der Waals surface area (Å²) in [5.41, 5.74) is 1.03. The Morgan fingerprint density at radius 2 is 2.00 bits per heavy atom. The van der Waals surface area contributed by atoms with E-state index in [0.717, 1.165) is 23.5 Å². The van der Waals surface area contributed by atoms with Crippen molar-refractivity contribution in [2.24, 2.45) is 5.92 Å². The topological polar surface area (TPSA) is 45.2 Å². The average Bonchev–Trinajstić information content (AvgIpc) is 3.09. The van der Waals surface area contributed by atoms with Gasteiger partial charge in [-0.2, -0.15) is 0 Å². The molecule has 2 bridgehead atoms. The molecule has 5 rings (SSSR count). The number of benzene rings is 1. The first kappa shape index (κ1) is 16.1. The van der Waals surface area contributed by atoms with E-state index >= 15 is 0 Å². The van der Waals surface area contributed by atoms with Gasteiger partial charge >= 0.3 is 0 Å². The maximum Gasteiger partial charge on any atom is 0.280 e. The van der Waals surface area contributed by atoms with Crippen molar-refractivity contribution in [3.05, 3.63) is 40.5 Å². The maximum atomic E-state index is 12.6. The van der Waals surface area contributed by atoms with Gasteiger partial charge in [0.15, 0.2) is 5.01 Å². The molecule has 0 radical (unpaired) electrons. The molecule has 24 heavy (non-hydrogen) atoms. The first-order valence-corrected chi connectivity index (χ1v) is 9.58. The van der Waals surface area contributed by atoms with E-state index in [9.17, 15) is 4.79 Å². The minimum absolute atomic E-state index is 0.0502. The quantitative estimate of drug-likeness (QED) is 0.907. The van der Waals surface area contributed by atoms with Gasteiger partial charge in [0.05, 0.1) is 4.88 Å². The second kappa shape index (κ2) is 6.47. The van der Waals surface area contributed by atoms with Crippen LogP contribution in [0.4, 0.5) is 0 Å². The molecular formula is C18H20ClN3OS. The number of carbonyl (C=O) groups is 1. The SMILES string of the molecule is CC1C(NC(=O)c2ncc(-c3ccc(Cl)cc3)s2)C2CCN1CC2. The predicted octanol–water partition coefficient (Wildman–Crippen LogP) is 3.68. The van der Waals surface area contributed by atoms with Crippen LogP contribution < -0.4 is 5.32 Å². The lowest BCUT2D eigenvalue weighted by molar-refractivity contribution is 0.0217. The van der Waals surface area contributed by atoms with Crippen molar-refractivity contribution in [1.82, 2.24) is 15.2 Å². The minimum Gasteiger partial charge on any atom is -0.345 e. The van der Waals surface area contributed by atoms with Crippen LogP contribution in [0.1, 0.15) is 29.6 Å². The Morgan fingerprint density at radius 1 is 1.29 bits per heavy atom. The number of hydrogen-bond donors (Lipinski definition) is 1. The Balaban J connectivity index is 1.48. The standard InChI is InChI=1S/C18H20ClN3OS/c1-11-16(13-6-8-22(11)9-7-13)21-17(23)18-20-10-15(24-18)12-2-4-14(19)5-3-12/h2-5,10-11,13,16H,6-9H2,1H3,(H,21,23). The van der Waals surface area contributed by atoms with Gasteiger partial charge in [0.25, 0.3) is 5.91 Å². The minimum atomic E-state index is -0.0502. The molecule has 4 heterocycles. The van der Waals surface area contributed by atoms with E-state index in [1.54, 1.807) is 6.20 Å². The van der Waals surface area contributed by atoms with Crippen LogP contribution in [0.3, 0.4) is 0 Å². The first-order valence-electron chi connectivity index (χ1n) is 8.38. The second-order valence-electron chi connectivity index (χ2n) is 6.65. The molecule has 2 aromatic rings. The molecule has 0 aliphatic carbocycles. The molecule has 1 amide bonds. The lowest BCUT2D eigenvalue weighted by atomic mass is 9.79. The van der Waals surface area contributed by atoms with E-state index in [-0.39, 0.29) is 11.9 Å². The normalized spacial score (nSPS) is 28.8. The van der Waals surface area contributed by atoms with Crippen molar-refractivity contribution in [3.63, 3.8) is 0 Å². The lowest BCUT2D eigenvalue weighted by Gasteiger charge is -2.49. The van der Waals surface area contributed by atoms with Crippen molar-refractivity contribution in [2.75, 3.05) is 13.1 Å². The number of carbonyl (C=O) groups excluding carboxylic acids is 1. The van der Waals surface area contributed by atoms with Crippen LogP contribution in [0.2, 0.25) is 5.02 Å². The summed E-state index contributed by atoms with van der Waals surface area (Å²) in [6, 6.07) is 8.26. The monoisotopic (exact) mass is 361 g/mol. The molecule has 1 N–H and O–H groups in total. The number of piperidine rings is 3. The Bertz CT molecular complexity index is 735. The highest BCUT2D eigenvalue weighted by Crippen LogP contribution is 2.33. The van der Waals surface area contributed by atoms with E-state index in [2.05, 4.69) is 22.1 Å². The van der Waals surface area contributed by atoms with Gasteiger partial charge in [-0.1, -0.05) is 23.7 Å². The number of amides is 1. The molecule has 1 aromatic heterocycles. The second-order valence-corrected chi connectivity index (χ2v) is 8.12. The maximum absolute atomic E-state index is 12.6. The van der Waals surface area contributed by atoms with Crippen molar-refractivity contribution >= 4 is 28.8 Å². The van der Waals surface area contributed by atoms with Crippen LogP contribution in [-0.2, 0) is 0 Å². The number of rotatable bonds is 3. The molecule has 2 unspecified atom stereocenters. The van der Waals surface area contributed by atoms with Crippen LogP contribution in [-0.4, -0.2) is 41.0 Å². The van der Waals surface area contributed by atoms with Gasteiger partial charge in [-0.15, -0.1) is 11.3 Å². The smallest absolute Gasteiger partial charge is 0.280 e. The van der Waals surface area contributed by atoms with Crippen molar-refractivity contribution in [3.8, 4) is 10.4 Å². The molecule has 1 aromatic carbocycles. The van der Waals surface area contributed by atoms with Crippen LogP contribution >= 0.6 is 22.9 Å². The zero-order valence-corrected chi connectivity index (χ0v) is 15.1. The first-order chi connectivity index (χ1) is 11.6. The summed E-state index contributed by atoms with van der Waals surface area (Å²) in [6.07, 6.45) is 4.13. The summed E-state index contributed by atoms with van der Waals surface area (Å²) in [7, 11) is 0. The number of hydrogen-bond acceptors (Lipinski definition) is 4. The summed E-state index contributed by atoms with van der Waals surface area (Å²) in [5.74, 6) is 0.551. The van der Waals surface area contributed by atoms with Gasteiger partial charge in [-0.3, -0.25) is 9.69 Å². The van der Waals surface area contributed by atoms with Gasteiger partial charge in [0, 0.05) is 23.3 Å². The highest BCUT2D eigenvalue weighted by Gasteiger charge is 2.40. The Hall–Kier alpha value is -1.43. The van der Waals surface area contributed by atoms with E-state index in [1.807, 2.05) is 24.3 Å². The fraction of sp³-hybridized carbons (Fsp3) is 0.444. The molecule has 4 nitrogen and oxygen atoms in total. The third kappa shape index (κ3) is 2.96. The van der Waals surface area contributed by atoms with E-state index in [1.165, 1.54) is 24.2 Å². The van der Waals surface area contributed by atoms with E-state index in [0.29, 0.717) is 22.0 Å². The number of nitrogens with one attached hydrogen (secondary N) is 1. The third-order valence-corrected chi connectivity index (χ3v) is 6.60. The van der Waals surface area contributed by atoms with Gasteiger partial charge in [0.2, 0.25) is 0 Å². The number of nitrogens with zero attached hydrogens (tertiary/aromatic N) is 2. The molecule has 3 aliphatic heterocycles. The Labute approximate surface area is 150 Å². The lowest BCUT2D eigenvalue weighted by Crippen LogP contribution is -2.62. The highest BCUT2D eigenvalue weighted by atomic mass is 35.5. The molecule has 126 valence electrons. The Morgan fingerprint density at radius 3 is 2.67 bits per heavy atom. The summed E-state index contributed by atoms with van der Waals surface area (Å²) < 4.78 is 0. The van der Waals surface area contributed by atoms with Crippen molar-refractivity contribution in [2.45, 2.75) is 31.8 Å². The van der Waals surface area contributed by atoms with Gasteiger partial charge in [-0.25, -0.2) is 4.98 Å². The van der Waals surface area contributed by atoms with Gasteiger partial charge in [0.1, 0.15) is 0 Å². The fourth-order valence-electron chi connectivity index (χ4n) is 3.89. The molecule has 3 saturated heterocycles. The number of halogens is 1. The summed E-state index contributed by atoms with van der Waals surface area (Å²) in [4.78, 5) is 20.4. The zero-order valence-electron chi connectivity index (χ0n) is 13.5. The summed E-state index contributed by atoms with van der Waals surface area (Å²) >= 11 is 7.36. The van der Waals surface area contributed by atoms with Crippen LogP contribution in [0.25, 0.3) is 10.4 Å². The van der Waals surface area contributed by atoms with Crippen molar-refractivity contribution in [1.29, 1.82) is 0 Å². The van der Waals surface area contributed by atoms with Crippen LogP contribution in [0, 0.1) is 5.92 Å². The van der Waals surface area contributed by atoms with Crippen LogP contribution in [0.15, 0.2) is 30.5 Å². The van der Waals surface area contributed by atoms with Crippen LogP contribution in [0.5, 0.6) is 0 Å². The Kier molecular flexibility index (Phi) is 4.33. The molecule has 3 aliphatic rings. The molecule has 6 heteroatoms. The predicted molar refractivity (Wildman–Crippen MR) is 97.6 cm³/mol. The third-order valence-electron chi connectivity index (χ3n) is 5.30. The van der Waals surface area contributed by atoms with E-state index in [4.69, 9.17) is 11.6 Å². The molecule has 0 saturated carbocycles.